The summed E-state index contributed by atoms with van der Waals surface area (Å²) >= 11 is 0. The summed E-state index contributed by atoms with van der Waals surface area (Å²) < 4.78 is 0. The summed E-state index contributed by atoms with van der Waals surface area (Å²) in [5.74, 6) is 2.00. The fraction of sp³-hybridized carbons (Fsp3) is 1.00. The molecule has 0 N–H and O–H groups in total. The molecule has 98 valence electrons. The highest BCUT2D eigenvalue weighted by atomic mass is 15.3. The van der Waals surface area contributed by atoms with Crippen LogP contribution in [0.4, 0.5) is 0 Å². The molecule has 2 heterocycles. The van der Waals surface area contributed by atoms with Crippen molar-refractivity contribution in [1.29, 1.82) is 0 Å². The van der Waals surface area contributed by atoms with Gasteiger partial charge in [-0.05, 0) is 51.0 Å². The summed E-state index contributed by atoms with van der Waals surface area (Å²) in [6.07, 6.45) is 7.34. The maximum absolute atomic E-state index is 2.79. The van der Waals surface area contributed by atoms with Gasteiger partial charge in [-0.2, -0.15) is 0 Å². The molecule has 0 spiro atoms. The average Bonchev–Trinajstić information content (AvgIpc) is 3.14. The topological polar surface area (TPSA) is 6.48 Å². The Balaban J connectivity index is 1.56. The first-order chi connectivity index (χ1) is 8.24. The van der Waals surface area contributed by atoms with Crippen LogP contribution in [0.15, 0.2) is 0 Å². The minimum atomic E-state index is 0.783. The van der Waals surface area contributed by atoms with Crippen LogP contribution in [0.5, 0.6) is 0 Å². The predicted octanol–water partition coefficient (Wildman–Crippen LogP) is 2.59. The van der Waals surface area contributed by atoms with Crippen molar-refractivity contribution in [1.82, 2.24) is 9.80 Å². The molecule has 0 aromatic carbocycles. The van der Waals surface area contributed by atoms with E-state index in [4.69, 9.17) is 0 Å². The molecule has 3 unspecified atom stereocenters. The van der Waals surface area contributed by atoms with Crippen LogP contribution in [0.25, 0.3) is 0 Å². The Kier molecular flexibility index (Phi) is 3.45. The molecule has 1 saturated carbocycles. The van der Waals surface area contributed by atoms with E-state index in [1.807, 2.05) is 0 Å². The lowest BCUT2D eigenvalue weighted by Crippen LogP contribution is -2.59. The molecular weight excluding hydrogens is 208 g/mol. The van der Waals surface area contributed by atoms with Crippen molar-refractivity contribution in [2.75, 3.05) is 26.2 Å². The standard InChI is InChI=1S/C15H28N2/c1-12(14-6-7-14)9-17-11-15-5-3-4-8-16(15)10-13(17)2/h12-15H,3-11H2,1-2H3. The zero-order valence-electron chi connectivity index (χ0n) is 11.6. The summed E-state index contributed by atoms with van der Waals surface area (Å²) in [6.45, 7) is 10.3. The number of rotatable bonds is 3. The third-order valence-corrected chi connectivity index (χ3v) is 5.27. The first-order valence-electron chi connectivity index (χ1n) is 7.72. The van der Waals surface area contributed by atoms with E-state index < -0.39 is 0 Å². The Morgan fingerprint density at radius 2 is 1.94 bits per heavy atom. The van der Waals surface area contributed by atoms with Crippen LogP contribution in [0, 0.1) is 11.8 Å². The van der Waals surface area contributed by atoms with Crippen molar-refractivity contribution >= 4 is 0 Å². The van der Waals surface area contributed by atoms with Gasteiger partial charge in [0, 0.05) is 31.7 Å². The summed E-state index contributed by atoms with van der Waals surface area (Å²) in [7, 11) is 0. The monoisotopic (exact) mass is 236 g/mol. The summed E-state index contributed by atoms with van der Waals surface area (Å²) in [5, 5.41) is 0. The van der Waals surface area contributed by atoms with Crippen LogP contribution in [-0.4, -0.2) is 48.1 Å². The van der Waals surface area contributed by atoms with E-state index in [0.717, 1.165) is 23.9 Å². The molecule has 0 bridgehead atoms. The van der Waals surface area contributed by atoms with Gasteiger partial charge < -0.3 is 0 Å². The maximum atomic E-state index is 2.79. The lowest BCUT2D eigenvalue weighted by molar-refractivity contribution is 0.00743. The molecule has 3 rings (SSSR count). The van der Waals surface area contributed by atoms with E-state index in [0.29, 0.717) is 0 Å². The van der Waals surface area contributed by atoms with Crippen LogP contribution >= 0.6 is 0 Å². The molecule has 17 heavy (non-hydrogen) atoms. The van der Waals surface area contributed by atoms with Gasteiger partial charge in [0.05, 0.1) is 0 Å². The van der Waals surface area contributed by atoms with E-state index in [1.54, 1.807) is 0 Å². The normalized spacial score (nSPS) is 37.8. The Morgan fingerprint density at radius 3 is 2.71 bits per heavy atom. The molecule has 3 fully saturated rings. The van der Waals surface area contributed by atoms with Crippen molar-refractivity contribution < 1.29 is 0 Å². The highest BCUT2D eigenvalue weighted by Crippen LogP contribution is 2.37. The smallest absolute Gasteiger partial charge is 0.0223 e. The second-order valence-electron chi connectivity index (χ2n) is 6.76. The van der Waals surface area contributed by atoms with Gasteiger partial charge in [-0.15, -0.1) is 0 Å². The van der Waals surface area contributed by atoms with Gasteiger partial charge in [-0.3, -0.25) is 9.80 Å². The van der Waals surface area contributed by atoms with Crippen molar-refractivity contribution in [3.8, 4) is 0 Å². The quantitative estimate of drug-likeness (QED) is 0.743. The fourth-order valence-corrected chi connectivity index (χ4v) is 3.85. The van der Waals surface area contributed by atoms with E-state index >= 15 is 0 Å². The maximum Gasteiger partial charge on any atom is 0.0223 e. The highest BCUT2D eigenvalue weighted by Gasteiger charge is 2.35. The van der Waals surface area contributed by atoms with Crippen LogP contribution in [-0.2, 0) is 0 Å². The lowest BCUT2D eigenvalue weighted by Gasteiger charge is -2.48. The Hall–Kier alpha value is -0.0800. The third-order valence-electron chi connectivity index (χ3n) is 5.27. The summed E-state index contributed by atoms with van der Waals surface area (Å²) in [5.41, 5.74) is 0. The predicted molar refractivity (Wildman–Crippen MR) is 72.1 cm³/mol. The van der Waals surface area contributed by atoms with E-state index in [2.05, 4.69) is 23.6 Å². The SMILES string of the molecule is CC(CN1CC2CCCCN2CC1C)C1CC1. The van der Waals surface area contributed by atoms with E-state index in [9.17, 15) is 0 Å². The third kappa shape index (κ3) is 2.68. The lowest BCUT2D eigenvalue weighted by atomic mass is 9.95. The van der Waals surface area contributed by atoms with Crippen LogP contribution in [0.3, 0.4) is 0 Å². The Labute approximate surface area is 106 Å². The second kappa shape index (κ2) is 4.89. The van der Waals surface area contributed by atoms with Gasteiger partial charge in [0.25, 0.3) is 0 Å². The molecule has 1 aliphatic carbocycles. The number of fused-ring (bicyclic) bond motifs is 1. The Bertz CT molecular complexity index is 262. The number of piperazine rings is 1. The molecule has 2 saturated heterocycles. The average molecular weight is 236 g/mol. The largest absolute Gasteiger partial charge is 0.298 e. The molecule has 0 aromatic heterocycles. The van der Waals surface area contributed by atoms with Gasteiger partial charge in [0.1, 0.15) is 0 Å². The molecule has 3 atom stereocenters. The fourth-order valence-electron chi connectivity index (χ4n) is 3.85. The minimum absolute atomic E-state index is 0.783. The van der Waals surface area contributed by atoms with Crippen molar-refractivity contribution in [3.05, 3.63) is 0 Å². The molecule has 3 aliphatic rings. The molecule has 0 amide bonds. The van der Waals surface area contributed by atoms with Gasteiger partial charge in [-0.25, -0.2) is 0 Å². The molecule has 0 aromatic rings. The van der Waals surface area contributed by atoms with Crippen molar-refractivity contribution in [3.63, 3.8) is 0 Å². The molecule has 0 radical (unpaired) electrons. The molecule has 2 heteroatoms. The van der Waals surface area contributed by atoms with Crippen LogP contribution in [0.2, 0.25) is 0 Å². The first-order valence-corrected chi connectivity index (χ1v) is 7.72. The molecule has 2 nitrogen and oxygen atoms in total. The summed E-state index contributed by atoms with van der Waals surface area (Å²) in [6, 6.07) is 1.66. The number of hydrogen-bond donors (Lipinski definition) is 0. The minimum Gasteiger partial charge on any atom is -0.298 e. The zero-order valence-corrected chi connectivity index (χ0v) is 11.6. The van der Waals surface area contributed by atoms with E-state index in [1.165, 1.54) is 58.3 Å². The van der Waals surface area contributed by atoms with Gasteiger partial charge in [0.2, 0.25) is 0 Å². The highest BCUT2D eigenvalue weighted by molar-refractivity contribution is 4.91. The number of hydrogen-bond acceptors (Lipinski definition) is 2. The zero-order chi connectivity index (χ0) is 11.8. The Morgan fingerprint density at radius 1 is 1.12 bits per heavy atom. The second-order valence-corrected chi connectivity index (χ2v) is 6.76. The molecular formula is C15H28N2. The van der Waals surface area contributed by atoms with Crippen LogP contribution in [0.1, 0.15) is 46.0 Å². The first kappa shape index (κ1) is 12.0. The van der Waals surface area contributed by atoms with E-state index in [-0.39, 0.29) is 0 Å². The number of nitrogens with zero attached hydrogens (tertiary/aromatic N) is 2. The molecule has 2 aliphatic heterocycles. The van der Waals surface area contributed by atoms with Gasteiger partial charge in [-0.1, -0.05) is 13.3 Å². The van der Waals surface area contributed by atoms with Gasteiger partial charge >= 0.3 is 0 Å². The van der Waals surface area contributed by atoms with Gasteiger partial charge in [0.15, 0.2) is 0 Å². The van der Waals surface area contributed by atoms with Crippen molar-refractivity contribution in [2.24, 2.45) is 11.8 Å². The number of piperidine rings is 1. The summed E-state index contributed by atoms with van der Waals surface area (Å²) in [4.78, 5) is 5.54. The van der Waals surface area contributed by atoms with Crippen molar-refractivity contribution in [2.45, 2.75) is 58.0 Å². The van der Waals surface area contributed by atoms with Crippen LogP contribution < -0.4 is 0 Å².